The van der Waals surface area contributed by atoms with Crippen molar-refractivity contribution in [3.63, 3.8) is 0 Å². The SMILES string of the molecule is Nc1cc(NCc2ccc(Br)cc2)cc(S(N)(=O)=O)c1. The van der Waals surface area contributed by atoms with Gasteiger partial charge in [-0.25, -0.2) is 13.6 Å². The van der Waals surface area contributed by atoms with Gasteiger partial charge in [0.25, 0.3) is 0 Å². The van der Waals surface area contributed by atoms with Crippen molar-refractivity contribution < 1.29 is 8.42 Å². The van der Waals surface area contributed by atoms with Crippen LogP contribution in [-0.4, -0.2) is 8.42 Å². The third-order valence-electron chi connectivity index (χ3n) is 2.67. The van der Waals surface area contributed by atoms with Crippen molar-refractivity contribution in [1.82, 2.24) is 0 Å². The molecular weight excluding hydrogens is 342 g/mol. The Morgan fingerprint density at radius 1 is 1.10 bits per heavy atom. The van der Waals surface area contributed by atoms with Gasteiger partial charge in [0, 0.05) is 22.4 Å². The van der Waals surface area contributed by atoms with Gasteiger partial charge in [-0.05, 0) is 35.9 Å². The summed E-state index contributed by atoms with van der Waals surface area (Å²) in [5, 5.41) is 8.22. The highest BCUT2D eigenvalue weighted by Crippen LogP contribution is 2.20. The van der Waals surface area contributed by atoms with E-state index in [0.717, 1.165) is 10.0 Å². The molecule has 0 bridgehead atoms. The Kier molecular flexibility index (Phi) is 4.32. The first-order chi connectivity index (χ1) is 9.34. The second kappa shape index (κ2) is 5.82. The number of rotatable bonds is 4. The lowest BCUT2D eigenvalue weighted by atomic mass is 10.2. The van der Waals surface area contributed by atoms with E-state index in [1.165, 1.54) is 12.1 Å². The van der Waals surface area contributed by atoms with Gasteiger partial charge < -0.3 is 11.1 Å². The van der Waals surface area contributed by atoms with Crippen LogP contribution in [0.1, 0.15) is 5.56 Å². The van der Waals surface area contributed by atoms with Crippen molar-refractivity contribution in [2.75, 3.05) is 11.1 Å². The van der Waals surface area contributed by atoms with Crippen molar-refractivity contribution in [1.29, 1.82) is 0 Å². The molecule has 0 aliphatic heterocycles. The van der Waals surface area contributed by atoms with E-state index >= 15 is 0 Å². The Bertz CT molecular complexity index is 715. The van der Waals surface area contributed by atoms with Gasteiger partial charge in [-0.2, -0.15) is 0 Å². The predicted octanol–water partition coefficient (Wildman–Crippen LogP) is 2.29. The molecule has 0 heterocycles. The molecule has 0 radical (unpaired) electrons. The first-order valence-electron chi connectivity index (χ1n) is 5.76. The zero-order chi connectivity index (χ0) is 14.8. The minimum absolute atomic E-state index is 0.00388. The summed E-state index contributed by atoms with van der Waals surface area (Å²) in [5.74, 6) is 0. The third-order valence-corrected chi connectivity index (χ3v) is 4.09. The second-order valence-electron chi connectivity index (χ2n) is 4.32. The average Bonchev–Trinajstić information content (AvgIpc) is 2.36. The maximum Gasteiger partial charge on any atom is 0.238 e. The molecule has 106 valence electrons. The van der Waals surface area contributed by atoms with Crippen molar-refractivity contribution >= 4 is 37.3 Å². The average molecular weight is 356 g/mol. The number of nitrogens with one attached hydrogen (secondary N) is 1. The van der Waals surface area contributed by atoms with Gasteiger partial charge in [0.2, 0.25) is 10.0 Å². The molecule has 2 aromatic rings. The molecule has 5 nitrogen and oxygen atoms in total. The van der Waals surface area contributed by atoms with Gasteiger partial charge in [0.15, 0.2) is 0 Å². The van der Waals surface area contributed by atoms with E-state index in [2.05, 4.69) is 21.2 Å². The Labute approximate surface area is 126 Å². The van der Waals surface area contributed by atoms with Crippen molar-refractivity contribution in [3.05, 3.63) is 52.5 Å². The number of sulfonamides is 1. The molecule has 0 saturated heterocycles. The smallest absolute Gasteiger partial charge is 0.238 e. The van der Waals surface area contributed by atoms with Crippen LogP contribution in [0.25, 0.3) is 0 Å². The minimum atomic E-state index is -3.76. The van der Waals surface area contributed by atoms with E-state index in [4.69, 9.17) is 10.9 Å². The van der Waals surface area contributed by atoms with E-state index in [0.29, 0.717) is 17.9 Å². The van der Waals surface area contributed by atoms with Crippen molar-refractivity contribution in [2.24, 2.45) is 5.14 Å². The molecule has 0 aliphatic rings. The summed E-state index contributed by atoms with van der Waals surface area (Å²) in [6, 6.07) is 12.3. The lowest BCUT2D eigenvalue weighted by Gasteiger charge is -2.09. The summed E-state index contributed by atoms with van der Waals surface area (Å²) in [4.78, 5) is -0.00388. The fourth-order valence-corrected chi connectivity index (χ4v) is 2.55. The van der Waals surface area contributed by atoms with Gasteiger partial charge in [0.05, 0.1) is 4.90 Å². The number of hydrogen-bond acceptors (Lipinski definition) is 4. The molecule has 0 saturated carbocycles. The minimum Gasteiger partial charge on any atom is -0.399 e. The van der Waals surface area contributed by atoms with E-state index in [9.17, 15) is 8.42 Å². The van der Waals surface area contributed by atoms with E-state index in [1.54, 1.807) is 6.07 Å². The largest absolute Gasteiger partial charge is 0.399 e. The fourth-order valence-electron chi connectivity index (χ4n) is 1.69. The summed E-state index contributed by atoms with van der Waals surface area (Å²) >= 11 is 3.36. The number of anilines is 2. The Balaban J connectivity index is 2.17. The number of benzene rings is 2. The van der Waals surface area contributed by atoms with Crippen LogP contribution in [0, 0.1) is 0 Å². The molecule has 0 fully saturated rings. The monoisotopic (exact) mass is 355 g/mol. The summed E-state index contributed by atoms with van der Waals surface area (Å²) in [7, 11) is -3.76. The molecule has 0 aromatic heterocycles. The zero-order valence-corrected chi connectivity index (χ0v) is 12.9. The fraction of sp³-hybridized carbons (Fsp3) is 0.0769. The molecule has 0 atom stereocenters. The van der Waals surface area contributed by atoms with Gasteiger partial charge in [-0.3, -0.25) is 0 Å². The molecule has 5 N–H and O–H groups in total. The van der Waals surface area contributed by atoms with Gasteiger partial charge >= 0.3 is 0 Å². The first kappa shape index (κ1) is 14.8. The van der Waals surface area contributed by atoms with Crippen LogP contribution in [0.4, 0.5) is 11.4 Å². The van der Waals surface area contributed by atoms with Crippen LogP contribution in [0.5, 0.6) is 0 Å². The summed E-state index contributed by atoms with van der Waals surface area (Å²) in [5.41, 5.74) is 7.69. The maximum atomic E-state index is 11.3. The molecule has 2 aromatic carbocycles. The van der Waals surface area contributed by atoms with Crippen LogP contribution in [0.3, 0.4) is 0 Å². The quantitative estimate of drug-likeness (QED) is 0.732. The Hall–Kier alpha value is -1.57. The number of nitrogen functional groups attached to an aromatic ring is 1. The van der Waals surface area contributed by atoms with E-state index in [-0.39, 0.29) is 4.90 Å². The van der Waals surface area contributed by atoms with E-state index < -0.39 is 10.0 Å². The molecule has 2 rings (SSSR count). The molecule has 0 aliphatic carbocycles. The Morgan fingerprint density at radius 3 is 2.35 bits per heavy atom. The van der Waals surface area contributed by atoms with Crippen LogP contribution in [0.15, 0.2) is 51.8 Å². The maximum absolute atomic E-state index is 11.3. The highest BCUT2D eigenvalue weighted by Gasteiger charge is 2.09. The predicted molar refractivity (Wildman–Crippen MR) is 83.7 cm³/mol. The summed E-state index contributed by atoms with van der Waals surface area (Å²) in [6.07, 6.45) is 0. The highest BCUT2D eigenvalue weighted by molar-refractivity contribution is 9.10. The normalized spacial score (nSPS) is 11.3. The van der Waals surface area contributed by atoms with Crippen LogP contribution >= 0.6 is 15.9 Å². The second-order valence-corrected chi connectivity index (χ2v) is 6.79. The van der Waals surface area contributed by atoms with Crippen LogP contribution in [-0.2, 0) is 16.6 Å². The van der Waals surface area contributed by atoms with Gasteiger partial charge in [-0.15, -0.1) is 0 Å². The molecule has 7 heteroatoms. The van der Waals surface area contributed by atoms with E-state index in [1.807, 2.05) is 24.3 Å². The van der Waals surface area contributed by atoms with Gasteiger partial charge in [-0.1, -0.05) is 28.1 Å². The van der Waals surface area contributed by atoms with Crippen LogP contribution in [0.2, 0.25) is 0 Å². The Morgan fingerprint density at radius 2 is 1.75 bits per heavy atom. The van der Waals surface area contributed by atoms with Crippen molar-refractivity contribution in [2.45, 2.75) is 11.4 Å². The lowest BCUT2D eigenvalue weighted by molar-refractivity contribution is 0.598. The lowest BCUT2D eigenvalue weighted by Crippen LogP contribution is -2.13. The van der Waals surface area contributed by atoms with Gasteiger partial charge in [0.1, 0.15) is 0 Å². The zero-order valence-electron chi connectivity index (χ0n) is 10.5. The number of halogens is 1. The van der Waals surface area contributed by atoms with Crippen molar-refractivity contribution in [3.8, 4) is 0 Å². The summed E-state index contributed by atoms with van der Waals surface area (Å²) < 4.78 is 23.7. The third kappa shape index (κ3) is 3.96. The molecule has 0 amide bonds. The van der Waals surface area contributed by atoms with Crippen LogP contribution < -0.4 is 16.2 Å². The molecular formula is C13H14BrN3O2S. The molecule has 20 heavy (non-hydrogen) atoms. The number of primary sulfonamides is 1. The topological polar surface area (TPSA) is 98.2 Å². The number of nitrogens with two attached hydrogens (primary N) is 2. The first-order valence-corrected chi connectivity index (χ1v) is 8.10. The highest BCUT2D eigenvalue weighted by atomic mass is 79.9. The number of hydrogen-bond donors (Lipinski definition) is 3. The standard InChI is InChI=1S/C13H14BrN3O2S/c14-10-3-1-9(2-4-10)8-17-12-5-11(15)6-13(7-12)20(16,18)19/h1-7,17H,8,15H2,(H2,16,18,19). The molecule has 0 unspecified atom stereocenters. The molecule has 0 spiro atoms. The summed E-state index contributed by atoms with van der Waals surface area (Å²) in [6.45, 7) is 0.556.